The van der Waals surface area contributed by atoms with E-state index in [0.29, 0.717) is 0 Å². The van der Waals surface area contributed by atoms with Crippen LogP contribution in [0.3, 0.4) is 0 Å². The minimum atomic E-state index is 0.0818. The van der Waals surface area contributed by atoms with Crippen molar-refractivity contribution in [1.82, 2.24) is 0 Å². The normalized spacial score (nSPS) is 16.5. The highest BCUT2D eigenvalue weighted by atomic mass is 15.0. The third-order valence-corrected chi connectivity index (χ3v) is 2.39. The maximum absolute atomic E-state index is 3.49. The molecule has 1 N–H and O–H groups in total. The molecule has 1 heterocycles. The number of hydrogen-bond donors (Lipinski definition) is 1. The molecule has 1 aromatic carbocycles. The second kappa shape index (κ2) is 4.52. The van der Waals surface area contributed by atoms with Crippen LogP contribution in [0.1, 0.15) is 40.2 Å². The average molecular weight is 203 g/mol. The van der Waals surface area contributed by atoms with Crippen molar-refractivity contribution in [2.45, 2.75) is 40.2 Å². The molecule has 0 fully saturated rings. The molecule has 0 bridgehead atoms. The molecule has 0 spiro atoms. The maximum atomic E-state index is 3.49. The molecule has 15 heavy (non-hydrogen) atoms. The molecule has 0 radical (unpaired) electrons. The van der Waals surface area contributed by atoms with Crippen molar-refractivity contribution < 1.29 is 0 Å². The van der Waals surface area contributed by atoms with Crippen LogP contribution in [0.2, 0.25) is 0 Å². The molecule has 82 valence electrons. The van der Waals surface area contributed by atoms with E-state index in [1.165, 1.54) is 16.8 Å². The van der Waals surface area contributed by atoms with Gasteiger partial charge in [0.1, 0.15) is 0 Å². The van der Waals surface area contributed by atoms with Gasteiger partial charge in [-0.25, -0.2) is 0 Å². The Morgan fingerprint density at radius 3 is 2.33 bits per heavy atom. The van der Waals surface area contributed by atoms with Crippen LogP contribution in [0.5, 0.6) is 0 Å². The zero-order chi connectivity index (χ0) is 11.5. The van der Waals surface area contributed by atoms with E-state index in [2.05, 4.69) is 56.4 Å². The first-order valence-corrected chi connectivity index (χ1v) is 5.65. The summed E-state index contributed by atoms with van der Waals surface area (Å²) in [6.45, 7) is 10.5. The lowest BCUT2D eigenvalue weighted by atomic mass is 9.91. The summed E-state index contributed by atoms with van der Waals surface area (Å²) in [6, 6.07) is 8.44. The van der Waals surface area contributed by atoms with Crippen LogP contribution in [0.4, 0.5) is 5.69 Å². The Labute approximate surface area is 93.2 Å². The van der Waals surface area contributed by atoms with Crippen LogP contribution >= 0.6 is 0 Å². The number of benzene rings is 1. The summed E-state index contributed by atoms with van der Waals surface area (Å²) < 4.78 is 0. The Kier molecular flexibility index (Phi) is 3.57. The molecule has 1 aliphatic heterocycles. The minimum Gasteiger partial charge on any atom is -0.376 e. The molecule has 1 heteroatoms. The molecule has 0 atom stereocenters. The molecule has 0 saturated carbocycles. The average Bonchev–Trinajstić information content (AvgIpc) is 2.19. The quantitative estimate of drug-likeness (QED) is 0.662. The lowest BCUT2D eigenvalue weighted by Gasteiger charge is -2.31. The molecule has 0 amide bonds. The fourth-order valence-electron chi connectivity index (χ4n) is 1.94. The van der Waals surface area contributed by atoms with Crippen LogP contribution in [0.15, 0.2) is 30.3 Å². The maximum Gasteiger partial charge on any atom is 0.0505 e. The van der Waals surface area contributed by atoms with Crippen LogP contribution in [-0.4, -0.2) is 5.54 Å². The van der Waals surface area contributed by atoms with Gasteiger partial charge in [-0.15, -0.1) is 0 Å². The van der Waals surface area contributed by atoms with Crippen LogP contribution in [0, 0.1) is 0 Å². The van der Waals surface area contributed by atoms with Crippen molar-refractivity contribution in [1.29, 1.82) is 0 Å². The summed E-state index contributed by atoms with van der Waals surface area (Å²) in [4.78, 5) is 0. The van der Waals surface area contributed by atoms with Gasteiger partial charge in [-0.1, -0.05) is 38.1 Å². The van der Waals surface area contributed by atoms with E-state index in [4.69, 9.17) is 0 Å². The van der Waals surface area contributed by atoms with E-state index >= 15 is 0 Å². The molecule has 0 unspecified atom stereocenters. The monoisotopic (exact) mass is 203 g/mol. The highest BCUT2D eigenvalue weighted by Gasteiger charge is 2.21. The fraction of sp³-hybridized carbons (Fsp3) is 0.429. The Hall–Kier alpha value is -1.24. The van der Waals surface area contributed by atoms with Gasteiger partial charge in [0.25, 0.3) is 0 Å². The highest BCUT2D eigenvalue weighted by molar-refractivity contribution is 5.79. The SMILES string of the molecule is CC.CC1=CC(C)(C)Nc2ccccc21. The summed E-state index contributed by atoms with van der Waals surface area (Å²) in [6.07, 6.45) is 2.27. The van der Waals surface area contributed by atoms with Gasteiger partial charge in [-0.3, -0.25) is 0 Å². The van der Waals surface area contributed by atoms with Gasteiger partial charge in [0, 0.05) is 11.3 Å². The molecule has 1 nitrogen and oxygen atoms in total. The lowest BCUT2D eigenvalue weighted by Crippen LogP contribution is -2.31. The largest absolute Gasteiger partial charge is 0.376 e. The van der Waals surface area contributed by atoms with Crippen molar-refractivity contribution in [3.8, 4) is 0 Å². The predicted octanol–water partition coefficient (Wildman–Crippen LogP) is 4.32. The van der Waals surface area contributed by atoms with Gasteiger partial charge in [0.2, 0.25) is 0 Å². The second-order valence-electron chi connectivity index (χ2n) is 4.22. The van der Waals surface area contributed by atoms with Gasteiger partial charge < -0.3 is 5.32 Å². The molecule has 1 aromatic rings. The van der Waals surface area contributed by atoms with E-state index < -0.39 is 0 Å². The van der Waals surface area contributed by atoms with E-state index in [0.717, 1.165) is 0 Å². The molecule has 0 aliphatic carbocycles. The Morgan fingerprint density at radius 2 is 1.67 bits per heavy atom. The summed E-state index contributed by atoms with van der Waals surface area (Å²) in [5, 5.41) is 3.49. The molecule has 2 rings (SSSR count). The molecule has 1 aliphatic rings. The first-order valence-electron chi connectivity index (χ1n) is 5.65. The number of anilines is 1. The fourth-order valence-corrected chi connectivity index (χ4v) is 1.94. The molecule has 0 saturated heterocycles. The van der Waals surface area contributed by atoms with Crippen LogP contribution in [-0.2, 0) is 0 Å². The number of allylic oxidation sites excluding steroid dienone is 1. The van der Waals surface area contributed by atoms with E-state index in [1.807, 2.05) is 13.8 Å². The minimum absolute atomic E-state index is 0.0818. The van der Waals surface area contributed by atoms with Crippen molar-refractivity contribution >= 4 is 11.3 Å². The summed E-state index contributed by atoms with van der Waals surface area (Å²) in [5.41, 5.74) is 4.01. The van der Waals surface area contributed by atoms with Gasteiger partial charge >= 0.3 is 0 Å². The van der Waals surface area contributed by atoms with Gasteiger partial charge in [0.05, 0.1) is 5.54 Å². The Balaban J connectivity index is 0.000000531. The molecule has 0 aromatic heterocycles. The van der Waals surface area contributed by atoms with Crippen LogP contribution < -0.4 is 5.32 Å². The third kappa shape index (κ3) is 2.62. The Bertz CT molecular complexity index is 361. The summed E-state index contributed by atoms with van der Waals surface area (Å²) >= 11 is 0. The number of fused-ring (bicyclic) bond motifs is 1. The van der Waals surface area contributed by atoms with E-state index in [-0.39, 0.29) is 5.54 Å². The smallest absolute Gasteiger partial charge is 0.0505 e. The topological polar surface area (TPSA) is 12.0 Å². The van der Waals surface area contributed by atoms with E-state index in [1.54, 1.807) is 0 Å². The zero-order valence-corrected chi connectivity index (χ0v) is 10.4. The molecular formula is C14H21N. The number of rotatable bonds is 0. The zero-order valence-electron chi connectivity index (χ0n) is 10.4. The first-order chi connectivity index (χ1) is 7.08. The molecular weight excluding hydrogens is 182 g/mol. The Morgan fingerprint density at radius 1 is 1.07 bits per heavy atom. The summed E-state index contributed by atoms with van der Waals surface area (Å²) in [5.74, 6) is 0. The van der Waals surface area contributed by atoms with Crippen molar-refractivity contribution in [2.75, 3.05) is 5.32 Å². The number of nitrogens with one attached hydrogen (secondary N) is 1. The summed E-state index contributed by atoms with van der Waals surface area (Å²) in [7, 11) is 0. The second-order valence-corrected chi connectivity index (χ2v) is 4.22. The van der Waals surface area contributed by atoms with E-state index in [9.17, 15) is 0 Å². The van der Waals surface area contributed by atoms with Gasteiger partial charge in [-0.2, -0.15) is 0 Å². The van der Waals surface area contributed by atoms with Gasteiger partial charge in [0.15, 0.2) is 0 Å². The number of para-hydroxylation sites is 1. The van der Waals surface area contributed by atoms with Crippen molar-refractivity contribution in [3.63, 3.8) is 0 Å². The van der Waals surface area contributed by atoms with Crippen molar-refractivity contribution in [3.05, 3.63) is 35.9 Å². The number of hydrogen-bond acceptors (Lipinski definition) is 1. The standard InChI is InChI=1S/C12H15N.C2H6/c1-9-8-12(2,3)13-11-7-5-4-6-10(9)11;1-2/h4-8,13H,1-3H3;1-2H3. The third-order valence-electron chi connectivity index (χ3n) is 2.39. The predicted molar refractivity (Wildman–Crippen MR) is 69.1 cm³/mol. The first kappa shape index (κ1) is 11.8. The van der Waals surface area contributed by atoms with Crippen molar-refractivity contribution in [2.24, 2.45) is 0 Å². The van der Waals surface area contributed by atoms with Gasteiger partial charge in [-0.05, 0) is 32.4 Å². The van der Waals surface area contributed by atoms with Crippen LogP contribution in [0.25, 0.3) is 5.57 Å². The lowest BCUT2D eigenvalue weighted by molar-refractivity contribution is 0.707. The highest BCUT2D eigenvalue weighted by Crippen LogP contribution is 2.32.